The average Bonchev–Trinajstić information content (AvgIpc) is 3.18. The highest BCUT2D eigenvalue weighted by atomic mass is 16.5. The molecule has 3 aliphatic heterocycles. The largest absolute Gasteiger partial charge is 0.490 e. The number of hydrogen-bond donors (Lipinski definition) is 1. The Morgan fingerprint density at radius 2 is 1.97 bits per heavy atom. The molecule has 0 aliphatic carbocycles. The van der Waals surface area contributed by atoms with E-state index in [0.717, 1.165) is 71.8 Å². The minimum atomic E-state index is -0.328. The standard InChI is InChI=1S/C31H39N3O4/c1-7-37-25-15-22-16-30(3,4)33-27(26(22)24-17-31(5,6)38-28(24)25)20-10-8-12-23(14-20)32-29(36)21-11-9-13-34(18-21)19(2)35/h8,10,12,14-15,21H,7,9,11,13,16-18H2,1-6H3,(H,32,36). The van der Waals surface area contributed by atoms with E-state index in [1.54, 1.807) is 11.8 Å². The highest BCUT2D eigenvalue weighted by Gasteiger charge is 2.40. The van der Waals surface area contributed by atoms with Gasteiger partial charge in [0.1, 0.15) is 5.60 Å². The van der Waals surface area contributed by atoms with Crippen LogP contribution in [0.15, 0.2) is 35.3 Å². The summed E-state index contributed by atoms with van der Waals surface area (Å²) < 4.78 is 12.4. The second kappa shape index (κ2) is 9.75. The molecule has 1 fully saturated rings. The van der Waals surface area contributed by atoms with Crippen LogP contribution in [-0.2, 0) is 22.4 Å². The number of carbonyl (C=O) groups is 2. The van der Waals surface area contributed by atoms with E-state index < -0.39 is 0 Å². The summed E-state index contributed by atoms with van der Waals surface area (Å²) in [6.45, 7) is 13.8. The molecule has 38 heavy (non-hydrogen) atoms. The zero-order valence-corrected chi connectivity index (χ0v) is 23.4. The molecule has 3 aliphatic rings. The number of nitrogens with one attached hydrogen (secondary N) is 1. The van der Waals surface area contributed by atoms with Gasteiger partial charge in [-0.2, -0.15) is 0 Å². The molecule has 0 saturated carbocycles. The zero-order chi connectivity index (χ0) is 27.2. The fraction of sp³-hybridized carbons (Fsp3) is 0.516. The highest BCUT2D eigenvalue weighted by molar-refractivity contribution is 6.16. The van der Waals surface area contributed by atoms with Crippen LogP contribution in [0.25, 0.3) is 0 Å². The number of anilines is 1. The summed E-state index contributed by atoms with van der Waals surface area (Å²) in [5.74, 6) is 1.39. The van der Waals surface area contributed by atoms with Crippen LogP contribution in [0.5, 0.6) is 11.5 Å². The van der Waals surface area contributed by atoms with E-state index in [4.69, 9.17) is 14.5 Å². The average molecular weight is 518 g/mol. The highest BCUT2D eigenvalue weighted by Crippen LogP contribution is 2.48. The van der Waals surface area contributed by atoms with Gasteiger partial charge in [0.15, 0.2) is 11.5 Å². The molecule has 3 heterocycles. The molecular formula is C31H39N3O4. The molecule has 5 rings (SSSR count). The Labute approximate surface area is 225 Å². The van der Waals surface area contributed by atoms with Gasteiger partial charge in [0.2, 0.25) is 11.8 Å². The molecule has 202 valence electrons. The van der Waals surface area contributed by atoms with Crippen molar-refractivity contribution in [3.05, 3.63) is 52.6 Å². The number of nitrogens with zero attached hydrogens (tertiary/aromatic N) is 2. The van der Waals surface area contributed by atoms with E-state index in [9.17, 15) is 9.59 Å². The Hall–Kier alpha value is -3.35. The Morgan fingerprint density at radius 1 is 1.18 bits per heavy atom. The van der Waals surface area contributed by atoms with E-state index in [-0.39, 0.29) is 28.9 Å². The van der Waals surface area contributed by atoms with Crippen LogP contribution in [0.3, 0.4) is 0 Å². The van der Waals surface area contributed by atoms with Gasteiger partial charge in [-0.1, -0.05) is 12.1 Å². The molecular weight excluding hydrogens is 478 g/mol. The third-order valence-electron chi connectivity index (χ3n) is 7.62. The first-order valence-corrected chi connectivity index (χ1v) is 13.7. The lowest BCUT2D eigenvalue weighted by atomic mass is 9.81. The van der Waals surface area contributed by atoms with Gasteiger partial charge in [-0.05, 0) is 77.6 Å². The predicted molar refractivity (Wildman–Crippen MR) is 149 cm³/mol. The summed E-state index contributed by atoms with van der Waals surface area (Å²) >= 11 is 0. The normalized spacial score (nSPS) is 21.1. The Kier molecular flexibility index (Phi) is 6.74. The number of hydrogen-bond acceptors (Lipinski definition) is 5. The number of aliphatic imine (C=N–C) groups is 1. The van der Waals surface area contributed by atoms with Crippen LogP contribution in [0.1, 0.15) is 76.6 Å². The molecule has 2 aromatic carbocycles. The second-order valence-corrected chi connectivity index (χ2v) is 12.0. The van der Waals surface area contributed by atoms with E-state index in [2.05, 4.69) is 45.1 Å². The first-order chi connectivity index (χ1) is 18.0. The fourth-order valence-corrected chi connectivity index (χ4v) is 6.01. The Bertz CT molecular complexity index is 1310. The summed E-state index contributed by atoms with van der Waals surface area (Å²) in [6.07, 6.45) is 3.21. The molecule has 0 bridgehead atoms. The summed E-state index contributed by atoms with van der Waals surface area (Å²) in [4.78, 5) is 32.0. The van der Waals surface area contributed by atoms with Crippen molar-refractivity contribution in [1.82, 2.24) is 4.90 Å². The van der Waals surface area contributed by atoms with Gasteiger partial charge < -0.3 is 19.7 Å². The van der Waals surface area contributed by atoms with Crippen LogP contribution in [0.4, 0.5) is 5.69 Å². The number of likely N-dealkylation sites (tertiary alicyclic amines) is 1. The van der Waals surface area contributed by atoms with E-state index in [1.807, 2.05) is 25.1 Å². The van der Waals surface area contributed by atoms with Crippen LogP contribution < -0.4 is 14.8 Å². The molecule has 1 saturated heterocycles. The van der Waals surface area contributed by atoms with Crippen LogP contribution in [0, 0.1) is 5.92 Å². The summed E-state index contributed by atoms with van der Waals surface area (Å²) in [5.41, 5.74) is 5.49. The minimum absolute atomic E-state index is 0.0215. The van der Waals surface area contributed by atoms with Crippen molar-refractivity contribution in [2.24, 2.45) is 10.9 Å². The summed E-state index contributed by atoms with van der Waals surface area (Å²) in [6, 6.07) is 10.1. The van der Waals surface area contributed by atoms with Crippen molar-refractivity contribution in [2.75, 3.05) is 25.0 Å². The maximum absolute atomic E-state index is 13.1. The van der Waals surface area contributed by atoms with E-state index in [1.165, 1.54) is 5.56 Å². The summed E-state index contributed by atoms with van der Waals surface area (Å²) in [5, 5.41) is 3.11. The first kappa shape index (κ1) is 26.3. The molecule has 0 spiro atoms. The number of carbonyl (C=O) groups excluding carboxylic acids is 2. The lowest BCUT2D eigenvalue weighted by molar-refractivity contribution is -0.132. The van der Waals surface area contributed by atoms with Crippen molar-refractivity contribution < 1.29 is 19.1 Å². The molecule has 7 nitrogen and oxygen atoms in total. The lowest BCUT2D eigenvalue weighted by Crippen LogP contribution is -2.42. The molecule has 1 unspecified atom stereocenters. The maximum atomic E-state index is 13.1. The third-order valence-corrected chi connectivity index (χ3v) is 7.62. The van der Waals surface area contributed by atoms with Gasteiger partial charge in [0.25, 0.3) is 0 Å². The van der Waals surface area contributed by atoms with E-state index in [0.29, 0.717) is 13.2 Å². The SMILES string of the molecule is CCOc1cc2c(c3c1OC(C)(C)C3)C(c1cccc(NC(=O)C3CCCN(C(C)=O)C3)c1)=NC(C)(C)C2. The lowest BCUT2D eigenvalue weighted by Gasteiger charge is -2.32. The van der Waals surface area contributed by atoms with Crippen molar-refractivity contribution >= 4 is 23.2 Å². The number of ether oxygens (including phenoxy) is 2. The molecule has 7 heteroatoms. The first-order valence-electron chi connectivity index (χ1n) is 13.7. The molecule has 0 aromatic heterocycles. The molecule has 2 aromatic rings. The van der Waals surface area contributed by atoms with Crippen molar-refractivity contribution in [1.29, 1.82) is 0 Å². The van der Waals surface area contributed by atoms with Crippen LogP contribution in [-0.4, -0.2) is 53.3 Å². The second-order valence-electron chi connectivity index (χ2n) is 12.0. The molecule has 1 N–H and O–H groups in total. The van der Waals surface area contributed by atoms with Crippen LogP contribution >= 0.6 is 0 Å². The predicted octanol–water partition coefficient (Wildman–Crippen LogP) is 5.17. The van der Waals surface area contributed by atoms with Gasteiger partial charge in [0, 0.05) is 48.8 Å². The van der Waals surface area contributed by atoms with Gasteiger partial charge >= 0.3 is 0 Å². The fourth-order valence-electron chi connectivity index (χ4n) is 6.01. The molecule has 2 amide bonds. The molecule has 1 atom stereocenters. The maximum Gasteiger partial charge on any atom is 0.229 e. The smallest absolute Gasteiger partial charge is 0.229 e. The number of rotatable bonds is 5. The zero-order valence-electron chi connectivity index (χ0n) is 23.4. The number of piperidine rings is 1. The quantitative estimate of drug-likeness (QED) is 0.594. The van der Waals surface area contributed by atoms with Gasteiger partial charge in [-0.25, -0.2) is 0 Å². The monoisotopic (exact) mass is 517 g/mol. The van der Waals surface area contributed by atoms with Gasteiger partial charge in [0.05, 0.1) is 23.8 Å². The van der Waals surface area contributed by atoms with Gasteiger partial charge in [-0.15, -0.1) is 0 Å². The number of amides is 2. The Balaban J connectivity index is 1.50. The van der Waals surface area contributed by atoms with Gasteiger partial charge in [-0.3, -0.25) is 14.6 Å². The van der Waals surface area contributed by atoms with Crippen molar-refractivity contribution in [3.63, 3.8) is 0 Å². The molecule has 0 radical (unpaired) electrons. The number of fused-ring (bicyclic) bond motifs is 3. The van der Waals surface area contributed by atoms with Crippen molar-refractivity contribution in [2.45, 2.75) is 78.4 Å². The third kappa shape index (κ3) is 5.16. The van der Waals surface area contributed by atoms with Crippen LogP contribution in [0.2, 0.25) is 0 Å². The summed E-state index contributed by atoms with van der Waals surface area (Å²) in [7, 11) is 0. The number of benzene rings is 2. The van der Waals surface area contributed by atoms with Crippen molar-refractivity contribution in [3.8, 4) is 11.5 Å². The Morgan fingerprint density at radius 3 is 2.71 bits per heavy atom. The minimum Gasteiger partial charge on any atom is -0.490 e. The van der Waals surface area contributed by atoms with E-state index >= 15 is 0 Å². The topological polar surface area (TPSA) is 80.2 Å².